The van der Waals surface area contributed by atoms with Crippen molar-refractivity contribution in [2.45, 2.75) is 17.7 Å². The first-order chi connectivity index (χ1) is 9.39. The molecule has 0 spiro atoms. The van der Waals surface area contributed by atoms with Crippen LogP contribution >= 0.6 is 0 Å². The number of rotatable bonds is 4. The lowest BCUT2D eigenvalue weighted by molar-refractivity contribution is 0.0685. The number of hydrogen-bond acceptors (Lipinski definition) is 5. The number of hydrogen-bond donors (Lipinski definition) is 2. The van der Waals surface area contributed by atoms with Crippen LogP contribution in [0, 0.1) is 5.92 Å². The minimum Gasteiger partial charge on any atom is -0.396 e. The smallest absolute Gasteiger partial charge is 0.240 e. The van der Waals surface area contributed by atoms with E-state index in [1.54, 1.807) is 6.07 Å². The molecule has 0 unspecified atom stereocenters. The van der Waals surface area contributed by atoms with Crippen LogP contribution in [0.5, 0.6) is 0 Å². The Morgan fingerprint density at radius 2 is 2.00 bits per heavy atom. The fraction of sp³-hybridized carbons (Fsp3) is 0.538. The highest BCUT2D eigenvalue weighted by molar-refractivity contribution is 7.89. The summed E-state index contributed by atoms with van der Waals surface area (Å²) in [5.41, 5.74) is 6.86. The van der Waals surface area contributed by atoms with Crippen molar-refractivity contribution in [3.05, 3.63) is 18.2 Å². The van der Waals surface area contributed by atoms with Gasteiger partial charge in [0.15, 0.2) is 0 Å². The van der Waals surface area contributed by atoms with Crippen molar-refractivity contribution in [3.63, 3.8) is 0 Å². The number of primary sulfonamides is 1. The lowest BCUT2D eigenvalue weighted by Crippen LogP contribution is -2.30. The van der Waals surface area contributed by atoms with Gasteiger partial charge in [-0.05, 0) is 30.9 Å². The van der Waals surface area contributed by atoms with Gasteiger partial charge in [0.1, 0.15) is 4.90 Å². The predicted octanol–water partition coefficient (Wildman–Crippen LogP) is 0.779. The second kappa shape index (κ2) is 5.99. The molecule has 1 aliphatic heterocycles. The zero-order valence-electron chi connectivity index (χ0n) is 11.6. The summed E-state index contributed by atoms with van der Waals surface area (Å²) in [7, 11) is -1.88. The first kappa shape index (κ1) is 15.1. The van der Waals surface area contributed by atoms with Crippen LogP contribution < -0.4 is 15.8 Å². The van der Waals surface area contributed by atoms with Gasteiger partial charge in [-0.1, -0.05) is 6.07 Å². The quantitative estimate of drug-likeness (QED) is 0.800. The van der Waals surface area contributed by atoms with Crippen molar-refractivity contribution in [1.82, 2.24) is 0 Å². The summed E-state index contributed by atoms with van der Waals surface area (Å²) in [5.74, 6) is 0.534. The molecule has 1 aromatic carbocycles. The zero-order valence-corrected chi connectivity index (χ0v) is 12.4. The van der Waals surface area contributed by atoms with E-state index in [1.165, 1.54) is 6.07 Å². The lowest BCUT2D eigenvalue weighted by Gasteiger charge is -2.29. The van der Waals surface area contributed by atoms with Gasteiger partial charge in [0.25, 0.3) is 0 Å². The summed E-state index contributed by atoms with van der Waals surface area (Å²) in [5, 5.41) is 5.17. The maximum Gasteiger partial charge on any atom is 0.240 e. The van der Waals surface area contributed by atoms with Crippen molar-refractivity contribution < 1.29 is 13.2 Å². The van der Waals surface area contributed by atoms with Crippen LogP contribution in [0.3, 0.4) is 0 Å². The molecular weight excluding hydrogens is 278 g/mol. The summed E-state index contributed by atoms with van der Waals surface area (Å²) >= 11 is 0. The molecule has 1 aromatic rings. The van der Waals surface area contributed by atoms with E-state index < -0.39 is 10.0 Å². The first-order valence-corrected chi connectivity index (χ1v) is 8.14. The number of ether oxygens (including phenoxy) is 1. The van der Waals surface area contributed by atoms with Gasteiger partial charge >= 0.3 is 0 Å². The van der Waals surface area contributed by atoms with Crippen LogP contribution in [0.25, 0.3) is 0 Å². The second-order valence-corrected chi connectivity index (χ2v) is 6.70. The van der Waals surface area contributed by atoms with E-state index in [9.17, 15) is 8.42 Å². The highest BCUT2D eigenvalue weighted by Gasteiger charge is 2.20. The van der Waals surface area contributed by atoms with Gasteiger partial charge < -0.3 is 15.4 Å². The molecule has 0 aromatic heterocycles. The molecule has 20 heavy (non-hydrogen) atoms. The summed E-state index contributed by atoms with van der Waals surface area (Å²) in [6, 6.07) is 4.89. The van der Waals surface area contributed by atoms with Gasteiger partial charge in [-0.25, -0.2) is 13.6 Å². The molecule has 6 nitrogen and oxygen atoms in total. The molecule has 0 atom stereocenters. The van der Waals surface area contributed by atoms with Crippen LogP contribution in [-0.4, -0.2) is 35.2 Å². The van der Waals surface area contributed by atoms with Crippen molar-refractivity contribution in [3.8, 4) is 0 Å². The SMILES string of the molecule is CN(CC1CCOCC1)c1cccc(S(N)(=O)=O)c1N. The van der Waals surface area contributed by atoms with Gasteiger partial charge in [-0.3, -0.25) is 0 Å². The number of nitrogen functional groups attached to an aromatic ring is 1. The molecule has 112 valence electrons. The number of benzene rings is 1. The van der Waals surface area contributed by atoms with Crippen molar-refractivity contribution in [1.29, 1.82) is 0 Å². The van der Waals surface area contributed by atoms with Gasteiger partial charge in [0.2, 0.25) is 10.0 Å². The number of anilines is 2. The molecule has 0 amide bonds. The molecule has 1 aliphatic rings. The molecule has 0 bridgehead atoms. The lowest BCUT2D eigenvalue weighted by atomic mass is 9.99. The van der Waals surface area contributed by atoms with Gasteiger partial charge in [0, 0.05) is 26.8 Å². The van der Waals surface area contributed by atoms with Gasteiger partial charge in [-0.2, -0.15) is 0 Å². The molecule has 7 heteroatoms. The normalized spacial score (nSPS) is 17.1. The second-order valence-electron chi connectivity index (χ2n) is 5.17. The molecule has 1 saturated heterocycles. The number of para-hydroxylation sites is 1. The Bertz CT molecular complexity index is 568. The standard InChI is InChI=1S/C13H21N3O3S/c1-16(9-10-5-7-19-8-6-10)11-3-2-4-12(13(11)14)20(15,17)18/h2-4,10H,5-9,14H2,1H3,(H2,15,17,18). The van der Waals surface area contributed by atoms with Crippen LogP contribution in [0.1, 0.15) is 12.8 Å². The number of nitrogens with zero attached hydrogens (tertiary/aromatic N) is 1. The molecule has 1 heterocycles. The highest BCUT2D eigenvalue weighted by atomic mass is 32.2. The fourth-order valence-corrected chi connectivity index (χ4v) is 3.21. The van der Waals surface area contributed by atoms with Crippen molar-refractivity contribution >= 4 is 21.4 Å². The monoisotopic (exact) mass is 299 g/mol. The molecular formula is C13H21N3O3S. The summed E-state index contributed by atoms with van der Waals surface area (Å²) in [6.45, 7) is 2.39. The van der Waals surface area contributed by atoms with E-state index in [0.29, 0.717) is 11.6 Å². The minimum absolute atomic E-state index is 0.0196. The Morgan fingerprint density at radius 3 is 2.60 bits per heavy atom. The Labute approximate surface area is 119 Å². The summed E-state index contributed by atoms with van der Waals surface area (Å²) in [6.07, 6.45) is 2.03. The van der Waals surface area contributed by atoms with E-state index in [-0.39, 0.29) is 10.6 Å². The van der Waals surface area contributed by atoms with Crippen molar-refractivity contribution in [2.75, 3.05) is 37.4 Å². The Balaban J connectivity index is 2.19. The minimum atomic E-state index is -3.79. The summed E-state index contributed by atoms with van der Waals surface area (Å²) in [4.78, 5) is 1.97. The maximum atomic E-state index is 11.5. The molecule has 0 aliphatic carbocycles. The highest BCUT2D eigenvalue weighted by Crippen LogP contribution is 2.29. The third-order valence-electron chi connectivity index (χ3n) is 3.63. The first-order valence-electron chi connectivity index (χ1n) is 6.59. The Kier molecular flexibility index (Phi) is 4.52. The van der Waals surface area contributed by atoms with Crippen molar-refractivity contribution in [2.24, 2.45) is 11.1 Å². The average Bonchev–Trinajstić information content (AvgIpc) is 2.38. The predicted molar refractivity (Wildman–Crippen MR) is 79.0 cm³/mol. The molecule has 4 N–H and O–H groups in total. The molecule has 2 rings (SSSR count). The number of sulfonamides is 1. The molecule has 0 saturated carbocycles. The van der Waals surface area contributed by atoms with Crippen LogP contribution in [0.2, 0.25) is 0 Å². The summed E-state index contributed by atoms with van der Waals surface area (Å²) < 4.78 is 28.3. The Hall–Kier alpha value is -1.31. The van der Waals surface area contributed by atoms with Gasteiger partial charge in [0.05, 0.1) is 11.4 Å². The van der Waals surface area contributed by atoms with Crippen LogP contribution in [0.15, 0.2) is 23.1 Å². The fourth-order valence-electron chi connectivity index (χ4n) is 2.53. The third kappa shape index (κ3) is 3.41. The zero-order chi connectivity index (χ0) is 14.8. The van der Waals surface area contributed by atoms with Crippen LogP contribution in [0.4, 0.5) is 11.4 Å². The van der Waals surface area contributed by atoms with E-state index in [1.807, 2.05) is 18.0 Å². The number of nitrogens with two attached hydrogens (primary N) is 2. The maximum absolute atomic E-state index is 11.5. The topological polar surface area (TPSA) is 98.6 Å². The van der Waals surface area contributed by atoms with E-state index in [4.69, 9.17) is 15.6 Å². The van der Waals surface area contributed by atoms with E-state index >= 15 is 0 Å². The average molecular weight is 299 g/mol. The Morgan fingerprint density at radius 1 is 1.35 bits per heavy atom. The third-order valence-corrected chi connectivity index (χ3v) is 4.60. The van der Waals surface area contributed by atoms with E-state index in [2.05, 4.69) is 0 Å². The van der Waals surface area contributed by atoms with Crippen LogP contribution in [-0.2, 0) is 14.8 Å². The largest absolute Gasteiger partial charge is 0.396 e. The van der Waals surface area contributed by atoms with E-state index in [0.717, 1.165) is 32.6 Å². The molecule has 0 radical (unpaired) electrons. The molecule has 1 fully saturated rings. The van der Waals surface area contributed by atoms with Gasteiger partial charge in [-0.15, -0.1) is 0 Å².